The molecular formula is C21H20ClN3O3S. The number of piperazine rings is 1. The standard InChI is InChI=1S/C21H20ClN3O3S/c1-29(27,28)25-12-10-24(11-13-25)21(26)18-14-20(15-6-8-16(22)9-7-15)23-19-5-3-2-4-17(18)19/h2-9,14H,10-13H2,1H3. The van der Waals surface area contributed by atoms with E-state index in [-0.39, 0.29) is 5.91 Å². The van der Waals surface area contributed by atoms with Gasteiger partial charge in [0, 0.05) is 42.2 Å². The molecule has 1 aliphatic heterocycles. The molecule has 3 aromatic rings. The highest BCUT2D eigenvalue weighted by Gasteiger charge is 2.27. The number of halogens is 1. The summed E-state index contributed by atoms with van der Waals surface area (Å²) in [5.41, 5.74) is 2.86. The van der Waals surface area contributed by atoms with Crippen LogP contribution in [0.15, 0.2) is 54.6 Å². The molecule has 8 heteroatoms. The van der Waals surface area contributed by atoms with Crippen LogP contribution in [0.1, 0.15) is 10.4 Å². The van der Waals surface area contributed by atoms with Crippen molar-refractivity contribution in [2.75, 3.05) is 32.4 Å². The number of aromatic nitrogens is 1. The second kappa shape index (κ2) is 7.74. The van der Waals surface area contributed by atoms with Gasteiger partial charge in [-0.15, -0.1) is 0 Å². The third kappa shape index (κ3) is 4.12. The van der Waals surface area contributed by atoms with Crippen molar-refractivity contribution in [1.82, 2.24) is 14.2 Å². The number of pyridine rings is 1. The van der Waals surface area contributed by atoms with Gasteiger partial charge in [-0.1, -0.05) is 41.9 Å². The average Bonchev–Trinajstić information content (AvgIpc) is 2.72. The SMILES string of the molecule is CS(=O)(=O)N1CCN(C(=O)c2cc(-c3ccc(Cl)cc3)nc3ccccc23)CC1. The first kappa shape index (κ1) is 19.8. The molecule has 0 atom stereocenters. The van der Waals surface area contributed by atoms with Crippen molar-refractivity contribution in [3.63, 3.8) is 0 Å². The summed E-state index contributed by atoms with van der Waals surface area (Å²) in [4.78, 5) is 19.7. The van der Waals surface area contributed by atoms with Crippen LogP contribution in [0.3, 0.4) is 0 Å². The van der Waals surface area contributed by atoms with E-state index < -0.39 is 10.0 Å². The molecule has 2 aromatic carbocycles. The van der Waals surface area contributed by atoms with Gasteiger partial charge in [0.2, 0.25) is 10.0 Å². The summed E-state index contributed by atoms with van der Waals surface area (Å²) in [7, 11) is -3.25. The number of amides is 1. The largest absolute Gasteiger partial charge is 0.336 e. The number of carbonyl (C=O) groups excluding carboxylic acids is 1. The maximum Gasteiger partial charge on any atom is 0.254 e. The Morgan fingerprint density at radius 2 is 1.66 bits per heavy atom. The van der Waals surface area contributed by atoms with Crippen molar-refractivity contribution >= 4 is 38.4 Å². The van der Waals surface area contributed by atoms with E-state index in [4.69, 9.17) is 16.6 Å². The first-order valence-corrected chi connectivity index (χ1v) is 11.5. The van der Waals surface area contributed by atoms with Crippen molar-refractivity contribution in [3.05, 3.63) is 65.2 Å². The van der Waals surface area contributed by atoms with Gasteiger partial charge in [0.15, 0.2) is 0 Å². The lowest BCUT2D eigenvalue weighted by atomic mass is 10.0. The number of sulfonamides is 1. The number of nitrogens with zero attached hydrogens (tertiary/aromatic N) is 3. The van der Waals surface area contributed by atoms with Crippen molar-refractivity contribution < 1.29 is 13.2 Å². The van der Waals surface area contributed by atoms with Gasteiger partial charge >= 0.3 is 0 Å². The molecule has 1 fully saturated rings. The van der Waals surface area contributed by atoms with Crippen LogP contribution in [0.5, 0.6) is 0 Å². The van der Waals surface area contributed by atoms with Crippen molar-refractivity contribution in [1.29, 1.82) is 0 Å². The molecule has 29 heavy (non-hydrogen) atoms. The van der Waals surface area contributed by atoms with Crippen LogP contribution >= 0.6 is 11.6 Å². The third-order valence-electron chi connectivity index (χ3n) is 5.08. The highest BCUT2D eigenvalue weighted by Crippen LogP contribution is 2.27. The molecule has 0 N–H and O–H groups in total. The maximum atomic E-state index is 13.3. The number of hydrogen-bond acceptors (Lipinski definition) is 4. The van der Waals surface area contributed by atoms with Gasteiger partial charge in [-0.05, 0) is 24.3 Å². The van der Waals surface area contributed by atoms with E-state index >= 15 is 0 Å². The van der Waals surface area contributed by atoms with Gasteiger partial charge < -0.3 is 4.90 Å². The van der Waals surface area contributed by atoms with Crippen molar-refractivity contribution in [2.45, 2.75) is 0 Å². The zero-order valence-corrected chi connectivity index (χ0v) is 17.4. The van der Waals surface area contributed by atoms with E-state index in [2.05, 4.69) is 0 Å². The molecule has 0 spiro atoms. The van der Waals surface area contributed by atoms with Gasteiger partial charge in [0.25, 0.3) is 5.91 Å². The second-order valence-corrected chi connectivity index (χ2v) is 9.45. The smallest absolute Gasteiger partial charge is 0.254 e. The first-order valence-electron chi connectivity index (χ1n) is 9.23. The van der Waals surface area contributed by atoms with Crippen LogP contribution in [-0.2, 0) is 10.0 Å². The Kier molecular flexibility index (Phi) is 5.29. The number of benzene rings is 2. The highest BCUT2D eigenvalue weighted by atomic mass is 35.5. The van der Waals surface area contributed by atoms with Gasteiger partial charge in [-0.3, -0.25) is 4.79 Å². The zero-order valence-electron chi connectivity index (χ0n) is 15.9. The number of hydrogen-bond donors (Lipinski definition) is 0. The molecule has 0 radical (unpaired) electrons. The van der Waals surface area contributed by atoms with E-state index in [0.29, 0.717) is 42.5 Å². The first-order chi connectivity index (χ1) is 13.8. The van der Waals surface area contributed by atoms with Gasteiger partial charge in [0.05, 0.1) is 23.0 Å². The van der Waals surface area contributed by atoms with E-state index in [1.807, 2.05) is 36.4 Å². The van der Waals surface area contributed by atoms with E-state index in [1.54, 1.807) is 23.1 Å². The van der Waals surface area contributed by atoms with E-state index in [1.165, 1.54) is 10.6 Å². The molecule has 0 aliphatic carbocycles. The van der Waals surface area contributed by atoms with Crippen LogP contribution in [-0.4, -0.2) is 60.9 Å². The quantitative estimate of drug-likeness (QED) is 0.640. The molecule has 0 bridgehead atoms. The Labute approximate surface area is 174 Å². The maximum absolute atomic E-state index is 13.3. The Balaban J connectivity index is 1.71. The summed E-state index contributed by atoms with van der Waals surface area (Å²) in [5.74, 6) is -0.119. The molecule has 1 amide bonds. The van der Waals surface area contributed by atoms with Crippen LogP contribution < -0.4 is 0 Å². The number of carbonyl (C=O) groups is 1. The monoisotopic (exact) mass is 429 g/mol. The van der Waals surface area contributed by atoms with Crippen LogP contribution in [0.2, 0.25) is 5.02 Å². The molecule has 150 valence electrons. The molecule has 1 saturated heterocycles. The average molecular weight is 430 g/mol. The molecule has 0 unspecified atom stereocenters. The van der Waals surface area contributed by atoms with Crippen molar-refractivity contribution in [3.8, 4) is 11.3 Å². The lowest BCUT2D eigenvalue weighted by Gasteiger charge is -2.33. The van der Waals surface area contributed by atoms with Crippen LogP contribution in [0.25, 0.3) is 22.2 Å². The predicted octanol–water partition coefficient (Wildman–Crippen LogP) is 3.27. The lowest BCUT2D eigenvalue weighted by molar-refractivity contribution is 0.0700. The Bertz CT molecular complexity index is 1170. The van der Waals surface area contributed by atoms with E-state index in [9.17, 15) is 13.2 Å². The summed E-state index contributed by atoms with van der Waals surface area (Å²) in [6.07, 6.45) is 1.19. The normalized spacial score (nSPS) is 15.6. The summed E-state index contributed by atoms with van der Waals surface area (Å²) < 4.78 is 24.9. The number of fused-ring (bicyclic) bond motifs is 1. The molecular weight excluding hydrogens is 410 g/mol. The predicted molar refractivity (Wildman–Crippen MR) is 115 cm³/mol. The summed E-state index contributed by atoms with van der Waals surface area (Å²) in [6.45, 7) is 1.33. The van der Waals surface area contributed by atoms with Gasteiger partial charge in [-0.25, -0.2) is 13.4 Å². The summed E-state index contributed by atoms with van der Waals surface area (Å²) in [5, 5.41) is 1.41. The van der Waals surface area contributed by atoms with Gasteiger partial charge in [-0.2, -0.15) is 4.31 Å². The molecule has 1 aliphatic rings. The highest BCUT2D eigenvalue weighted by molar-refractivity contribution is 7.88. The summed E-state index contributed by atoms with van der Waals surface area (Å²) in [6, 6.07) is 16.7. The topological polar surface area (TPSA) is 70.6 Å². The Hall–Kier alpha value is -2.48. The fraction of sp³-hybridized carbons (Fsp3) is 0.238. The summed E-state index contributed by atoms with van der Waals surface area (Å²) >= 11 is 5.99. The molecule has 0 saturated carbocycles. The molecule has 4 rings (SSSR count). The minimum absolute atomic E-state index is 0.119. The third-order valence-corrected chi connectivity index (χ3v) is 6.64. The van der Waals surface area contributed by atoms with E-state index in [0.717, 1.165) is 16.5 Å². The Morgan fingerprint density at radius 3 is 2.31 bits per heavy atom. The number of rotatable bonds is 3. The fourth-order valence-electron chi connectivity index (χ4n) is 3.51. The minimum Gasteiger partial charge on any atom is -0.336 e. The van der Waals surface area contributed by atoms with Crippen molar-refractivity contribution in [2.24, 2.45) is 0 Å². The fourth-order valence-corrected chi connectivity index (χ4v) is 4.47. The molecule has 2 heterocycles. The zero-order chi connectivity index (χ0) is 20.6. The second-order valence-electron chi connectivity index (χ2n) is 7.03. The molecule has 6 nitrogen and oxygen atoms in total. The number of para-hydroxylation sites is 1. The minimum atomic E-state index is -3.25. The Morgan fingerprint density at radius 1 is 1.00 bits per heavy atom. The van der Waals surface area contributed by atoms with Crippen LogP contribution in [0, 0.1) is 0 Å². The lowest BCUT2D eigenvalue weighted by Crippen LogP contribution is -2.50. The van der Waals surface area contributed by atoms with Gasteiger partial charge in [0.1, 0.15) is 0 Å². The molecule has 1 aromatic heterocycles. The van der Waals surface area contributed by atoms with Crippen LogP contribution in [0.4, 0.5) is 0 Å².